The first-order chi connectivity index (χ1) is 5.22. The Morgan fingerprint density at radius 3 is 2.55 bits per heavy atom. The number of pyridine rings is 1. The normalized spacial score (nSPS) is 9.18. The predicted molar refractivity (Wildman–Crippen MR) is 51.4 cm³/mol. The smallest absolute Gasteiger partial charge is 0.0706 e. The molecule has 0 N–H and O–H groups in total. The van der Waals surface area contributed by atoms with Crippen molar-refractivity contribution in [3.05, 3.63) is 48.2 Å². The molecule has 0 aromatic carbocycles. The first-order valence-electron chi connectivity index (χ1n) is 3.20. The molecule has 56 valence electrons. The van der Waals surface area contributed by atoms with Crippen LogP contribution in [0.25, 0.3) is 5.57 Å². The van der Waals surface area contributed by atoms with E-state index in [2.05, 4.69) is 30.8 Å². The second-order valence-electron chi connectivity index (χ2n) is 2.14. The van der Waals surface area contributed by atoms with Crippen LogP contribution in [0.1, 0.15) is 5.69 Å². The summed E-state index contributed by atoms with van der Waals surface area (Å²) in [5.74, 6) is 0. The number of aromatic nitrogens is 1. The quantitative estimate of drug-likeness (QED) is 0.522. The Hall–Kier alpha value is -1.02. The summed E-state index contributed by atoms with van der Waals surface area (Å²) in [5, 5.41) is 0. The van der Waals surface area contributed by atoms with Gasteiger partial charge in [0.2, 0.25) is 0 Å². The second-order valence-corrected chi connectivity index (χ2v) is 2.68. The molecule has 0 spiro atoms. The molecule has 1 heterocycles. The molecule has 1 aromatic rings. The molecule has 1 nitrogen and oxygen atoms in total. The first kappa shape index (κ1) is 8.08. The summed E-state index contributed by atoms with van der Waals surface area (Å²) in [6.45, 7) is 7.44. The largest absolute Gasteiger partial charge is 0.256 e. The van der Waals surface area contributed by atoms with Crippen molar-refractivity contribution in [2.45, 2.75) is 0 Å². The Labute approximate surface area is 71.9 Å². The number of hydrogen-bond acceptors (Lipinski definition) is 2. The fraction of sp³-hybridized carbons (Fsp3) is 0. The van der Waals surface area contributed by atoms with Gasteiger partial charge in [0.1, 0.15) is 0 Å². The predicted octanol–water partition coefficient (Wildman–Crippen LogP) is 2.54. The van der Waals surface area contributed by atoms with Crippen LogP contribution in [0.3, 0.4) is 0 Å². The van der Waals surface area contributed by atoms with Gasteiger partial charge in [0.15, 0.2) is 0 Å². The molecule has 0 aliphatic carbocycles. The minimum Gasteiger partial charge on any atom is -0.256 e. The van der Waals surface area contributed by atoms with Crippen LogP contribution in [0.4, 0.5) is 0 Å². The van der Waals surface area contributed by atoms with Crippen molar-refractivity contribution in [3.8, 4) is 0 Å². The summed E-state index contributed by atoms with van der Waals surface area (Å²) in [5.41, 5.74) is 1.60. The molecule has 0 radical (unpaired) electrons. The van der Waals surface area contributed by atoms with E-state index in [1.54, 1.807) is 6.20 Å². The molecule has 2 heteroatoms. The third-order valence-electron chi connectivity index (χ3n) is 1.32. The third-order valence-corrected chi connectivity index (χ3v) is 1.59. The van der Waals surface area contributed by atoms with Crippen LogP contribution in [-0.4, -0.2) is 4.98 Å². The van der Waals surface area contributed by atoms with Crippen molar-refractivity contribution in [2.24, 2.45) is 0 Å². The van der Waals surface area contributed by atoms with Crippen molar-refractivity contribution < 1.29 is 0 Å². The van der Waals surface area contributed by atoms with E-state index in [-0.39, 0.29) is 0 Å². The van der Waals surface area contributed by atoms with Crippen LogP contribution < -0.4 is 0 Å². The van der Waals surface area contributed by atoms with Crippen molar-refractivity contribution in [1.29, 1.82) is 0 Å². The average molecular weight is 163 g/mol. The first-order valence-corrected chi connectivity index (χ1v) is 3.65. The van der Waals surface area contributed by atoms with E-state index in [9.17, 15) is 0 Å². The van der Waals surface area contributed by atoms with Crippen molar-refractivity contribution in [2.75, 3.05) is 0 Å². The number of hydrogen-bond donors (Lipinski definition) is 1. The fourth-order valence-corrected chi connectivity index (χ4v) is 0.804. The Bertz CT molecular complexity index is 277. The minimum atomic E-state index is 0.656. The zero-order valence-electron chi connectivity index (χ0n) is 6.12. The van der Waals surface area contributed by atoms with Gasteiger partial charge in [-0.15, -0.1) is 12.6 Å². The molecule has 0 bridgehead atoms. The van der Waals surface area contributed by atoms with Crippen LogP contribution >= 0.6 is 12.6 Å². The van der Waals surface area contributed by atoms with Gasteiger partial charge in [-0.2, -0.15) is 0 Å². The van der Waals surface area contributed by atoms with E-state index >= 15 is 0 Å². The van der Waals surface area contributed by atoms with Gasteiger partial charge in [-0.05, 0) is 12.1 Å². The van der Waals surface area contributed by atoms with Crippen LogP contribution in [0.5, 0.6) is 0 Å². The molecule has 0 saturated carbocycles. The fourth-order valence-electron chi connectivity index (χ4n) is 0.689. The maximum absolute atomic E-state index is 4.09. The summed E-state index contributed by atoms with van der Waals surface area (Å²) in [6, 6.07) is 5.64. The highest BCUT2D eigenvalue weighted by Gasteiger charge is 1.98. The number of thiol groups is 1. The Morgan fingerprint density at radius 1 is 1.36 bits per heavy atom. The summed E-state index contributed by atoms with van der Waals surface area (Å²) >= 11 is 4.07. The Kier molecular flexibility index (Phi) is 2.49. The van der Waals surface area contributed by atoms with Crippen LogP contribution in [0, 0.1) is 0 Å². The maximum Gasteiger partial charge on any atom is 0.0706 e. The standard InChI is InChI=1S/C9H9NS/c1-7(8(2)11)9-5-3-4-6-10-9/h3-6,11H,1-2H2. The van der Waals surface area contributed by atoms with Crippen LogP contribution in [-0.2, 0) is 0 Å². The zero-order valence-corrected chi connectivity index (χ0v) is 7.01. The molecule has 0 aliphatic rings. The molecular formula is C9H9NS. The molecule has 0 fully saturated rings. The molecule has 1 rings (SSSR count). The summed E-state index contributed by atoms with van der Waals surface area (Å²) in [4.78, 5) is 4.75. The van der Waals surface area contributed by atoms with Gasteiger partial charge in [-0.1, -0.05) is 19.2 Å². The lowest BCUT2D eigenvalue weighted by Gasteiger charge is -2.00. The third kappa shape index (κ3) is 1.95. The Balaban J connectivity index is 2.95. The van der Waals surface area contributed by atoms with Crippen LogP contribution in [0.2, 0.25) is 0 Å². The van der Waals surface area contributed by atoms with Crippen molar-refractivity contribution in [3.63, 3.8) is 0 Å². The highest BCUT2D eigenvalue weighted by atomic mass is 32.1. The van der Waals surface area contributed by atoms with Gasteiger partial charge in [0.05, 0.1) is 5.69 Å². The second kappa shape index (κ2) is 3.39. The summed E-state index contributed by atoms with van der Waals surface area (Å²) in [6.07, 6.45) is 1.72. The van der Waals surface area contributed by atoms with E-state index < -0.39 is 0 Å². The molecular weight excluding hydrogens is 154 g/mol. The van der Waals surface area contributed by atoms with E-state index in [0.29, 0.717) is 4.91 Å². The lowest BCUT2D eigenvalue weighted by molar-refractivity contribution is 1.28. The number of nitrogens with zero attached hydrogens (tertiary/aromatic N) is 1. The van der Waals surface area contributed by atoms with Crippen molar-refractivity contribution >= 4 is 18.2 Å². The lowest BCUT2D eigenvalue weighted by atomic mass is 10.2. The van der Waals surface area contributed by atoms with Gasteiger partial charge >= 0.3 is 0 Å². The van der Waals surface area contributed by atoms with E-state index in [4.69, 9.17) is 0 Å². The molecule has 1 aromatic heterocycles. The Morgan fingerprint density at radius 2 is 2.09 bits per heavy atom. The SMILES string of the molecule is C=C(S)C(=C)c1ccccn1. The average Bonchev–Trinajstić information content (AvgIpc) is 2.05. The van der Waals surface area contributed by atoms with Crippen molar-refractivity contribution in [1.82, 2.24) is 4.98 Å². The van der Waals surface area contributed by atoms with E-state index in [0.717, 1.165) is 11.3 Å². The monoisotopic (exact) mass is 163 g/mol. The van der Waals surface area contributed by atoms with E-state index in [1.807, 2.05) is 18.2 Å². The van der Waals surface area contributed by atoms with E-state index in [1.165, 1.54) is 0 Å². The van der Waals surface area contributed by atoms with Gasteiger partial charge in [-0.3, -0.25) is 4.98 Å². The molecule has 0 amide bonds. The zero-order chi connectivity index (χ0) is 8.27. The van der Waals surface area contributed by atoms with Gasteiger partial charge < -0.3 is 0 Å². The van der Waals surface area contributed by atoms with Crippen LogP contribution in [0.15, 0.2) is 42.5 Å². The minimum absolute atomic E-state index is 0.656. The molecule has 11 heavy (non-hydrogen) atoms. The maximum atomic E-state index is 4.09. The molecule has 0 aliphatic heterocycles. The highest BCUT2D eigenvalue weighted by Crippen LogP contribution is 2.19. The number of allylic oxidation sites excluding steroid dienone is 1. The summed E-state index contributed by atoms with van der Waals surface area (Å²) in [7, 11) is 0. The van der Waals surface area contributed by atoms with Gasteiger partial charge in [0.25, 0.3) is 0 Å². The summed E-state index contributed by atoms with van der Waals surface area (Å²) < 4.78 is 0. The molecule has 0 unspecified atom stereocenters. The lowest BCUT2D eigenvalue weighted by Crippen LogP contribution is -1.84. The highest BCUT2D eigenvalue weighted by molar-refractivity contribution is 7.85. The van der Waals surface area contributed by atoms with Gasteiger partial charge in [0, 0.05) is 16.7 Å². The molecule has 0 atom stereocenters. The topological polar surface area (TPSA) is 12.9 Å². The number of rotatable bonds is 2. The van der Waals surface area contributed by atoms with Gasteiger partial charge in [-0.25, -0.2) is 0 Å². The molecule has 0 saturated heterocycles.